The zero-order valence-electron chi connectivity index (χ0n) is 18.7. The van der Waals surface area contributed by atoms with E-state index >= 15 is 0 Å². The van der Waals surface area contributed by atoms with Gasteiger partial charge in [0, 0.05) is 23.4 Å². The van der Waals surface area contributed by atoms with Gasteiger partial charge in [0.15, 0.2) is 5.65 Å². The molecule has 2 heterocycles. The van der Waals surface area contributed by atoms with Crippen molar-refractivity contribution in [1.82, 2.24) is 19.7 Å². The first kappa shape index (κ1) is 22.5. The van der Waals surface area contributed by atoms with Gasteiger partial charge in [0.05, 0.1) is 10.3 Å². The standard InChI is InChI=1S/C25H19N7O4/c26-24-22-23(16-9-11-20(12-10-16)36-19-7-2-1-3-8-19)30-31(25(22)28-15-27-24)14-21(33)29-17-5-4-6-18(13-17)32(34)35/h1-13,15H,14H2,(H,29,33)(H2,26,27,28). The fourth-order valence-electron chi connectivity index (χ4n) is 3.68. The molecule has 0 spiro atoms. The van der Waals surface area contributed by atoms with E-state index in [1.54, 1.807) is 6.07 Å². The number of benzene rings is 3. The van der Waals surface area contributed by atoms with Gasteiger partial charge in [-0.3, -0.25) is 14.9 Å². The fourth-order valence-corrected chi connectivity index (χ4v) is 3.68. The zero-order valence-corrected chi connectivity index (χ0v) is 18.7. The molecular weight excluding hydrogens is 462 g/mol. The molecule has 0 aliphatic rings. The van der Waals surface area contributed by atoms with Crippen LogP contribution in [0, 0.1) is 10.1 Å². The monoisotopic (exact) mass is 481 g/mol. The van der Waals surface area contributed by atoms with Crippen molar-refractivity contribution >= 4 is 34.1 Å². The second kappa shape index (κ2) is 9.50. The molecule has 178 valence electrons. The first-order chi connectivity index (χ1) is 17.5. The predicted molar refractivity (Wildman–Crippen MR) is 133 cm³/mol. The first-order valence-electron chi connectivity index (χ1n) is 10.8. The van der Waals surface area contributed by atoms with E-state index in [-0.39, 0.29) is 18.1 Å². The number of nitrogen functional groups attached to an aromatic ring is 1. The lowest BCUT2D eigenvalue weighted by atomic mass is 10.1. The maximum atomic E-state index is 12.7. The van der Waals surface area contributed by atoms with Crippen molar-refractivity contribution < 1.29 is 14.5 Å². The van der Waals surface area contributed by atoms with E-state index in [1.165, 1.54) is 29.2 Å². The van der Waals surface area contributed by atoms with Crippen molar-refractivity contribution in [1.29, 1.82) is 0 Å². The number of non-ortho nitro benzene ring substituents is 1. The summed E-state index contributed by atoms with van der Waals surface area (Å²) in [5.41, 5.74) is 7.95. The maximum Gasteiger partial charge on any atom is 0.271 e. The Bertz CT molecular complexity index is 1570. The molecule has 0 fully saturated rings. The Balaban J connectivity index is 1.42. The number of amides is 1. The molecule has 0 saturated heterocycles. The smallest absolute Gasteiger partial charge is 0.271 e. The second-order valence-corrected chi connectivity index (χ2v) is 7.76. The van der Waals surface area contributed by atoms with Gasteiger partial charge in [0.1, 0.15) is 35.9 Å². The van der Waals surface area contributed by atoms with E-state index in [2.05, 4.69) is 20.4 Å². The lowest BCUT2D eigenvalue weighted by Crippen LogP contribution is -2.19. The highest BCUT2D eigenvalue weighted by molar-refractivity contribution is 5.99. The molecule has 0 aliphatic carbocycles. The number of nitro groups is 1. The van der Waals surface area contributed by atoms with E-state index in [1.807, 2.05) is 54.6 Å². The zero-order chi connectivity index (χ0) is 25.1. The number of carbonyl (C=O) groups excluding carboxylic acids is 1. The van der Waals surface area contributed by atoms with Gasteiger partial charge in [-0.25, -0.2) is 14.6 Å². The average molecular weight is 481 g/mol. The molecule has 5 aromatic rings. The fraction of sp³-hybridized carbons (Fsp3) is 0.0400. The predicted octanol–water partition coefficient (Wildman–Crippen LogP) is 4.41. The number of nitro benzene ring substituents is 1. The molecule has 5 rings (SSSR count). The number of fused-ring (bicyclic) bond motifs is 1. The number of nitrogens with zero attached hydrogens (tertiary/aromatic N) is 5. The van der Waals surface area contributed by atoms with Crippen LogP contribution in [0.15, 0.2) is 85.2 Å². The van der Waals surface area contributed by atoms with E-state index in [0.29, 0.717) is 33.9 Å². The molecule has 11 nitrogen and oxygen atoms in total. The van der Waals surface area contributed by atoms with E-state index < -0.39 is 10.8 Å². The Hall–Kier alpha value is -5.32. The van der Waals surface area contributed by atoms with Crippen LogP contribution in [-0.2, 0) is 11.3 Å². The number of hydrogen-bond acceptors (Lipinski definition) is 8. The van der Waals surface area contributed by atoms with Crippen LogP contribution in [0.3, 0.4) is 0 Å². The molecule has 3 aromatic carbocycles. The molecule has 0 radical (unpaired) electrons. The number of rotatable bonds is 7. The average Bonchev–Trinajstić information content (AvgIpc) is 3.24. The van der Waals surface area contributed by atoms with Gasteiger partial charge in [0.2, 0.25) is 5.91 Å². The molecule has 0 atom stereocenters. The van der Waals surface area contributed by atoms with Crippen LogP contribution in [0.5, 0.6) is 11.5 Å². The summed E-state index contributed by atoms with van der Waals surface area (Å²) in [4.78, 5) is 31.5. The molecule has 3 N–H and O–H groups in total. The van der Waals surface area contributed by atoms with E-state index in [9.17, 15) is 14.9 Å². The number of aromatic nitrogens is 4. The molecule has 2 aromatic heterocycles. The highest BCUT2D eigenvalue weighted by Crippen LogP contribution is 2.32. The molecule has 0 saturated carbocycles. The highest BCUT2D eigenvalue weighted by Gasteiger charge is 2.19. The Kier molecular flexibility index (Phi) is 5.93. The van der Waals surface area contributed by atoms with Gasteiger partial charge in [-0.2, -0.15) is 5.10 Å². The number of hydrogen-bond donors (Lipinski definition) is 2. The molecule has 0 bridgehead atoms. The topological polar surface area (TPSA) is 151 Å². The number of para-hydroxylation sites is 1. The lowest BCUT2D eigenvalue weighted by Gasteiger charge is -2.06. The summed E-state index contributed by atoms with van der Waals surface area (Å²) < 4.78 is 7.27. The molecular formula is C25H19N7O4. The van der Waals surface area contributed by atoms with Crippen molar-refractivity contribution in [3.8, 4) is 22.8 Å². The van der Waals surface area contributed by atoms with Gasteiger partial charge in [-0.05, 0) is 42.5 Å². The first-order valence-corrected chi connectivity index (χ1v) is 10.8. The maximum absolute atomic E-state index is 12.7. The van der Waals surface area contributed by atoms with Crippen LogP contribution in [-0.4, -0.2) is 30.6 Å². The minimum absolute atomic E-state index is 0.125. The number of nitrogens with one attached hydrogen (secondary N) is 1. The van der Waals surface area contributed by atoms with Gasteiger partial charge >= 0.3 is 0 Å². The summed E-state index contributed by atoms with van der Waals surface area (Å²) in [7, 11) is 0. The second-order valence-electron chi connectivity index (χ2n) is 7.76. The molecule has 11 heteroatoms. The van der Waals surface area contributed by atoms with Gasteiger partial charge in [-0.1, -0.05) is 24.3 Å². The van der Waals surface area contributed by atoms with Crippen molar-refractivity contribution in [2.75, 3.05) is 11.1 Å². The van der Waals surface area contributed by atoms with E-state index in [0.717, 1.165) is 5.56 Å². The van der Waals surface area contributed by atoms with Crippen LogP contribution in [0.25, 0.3) is 22.3 Å². The van der Waals surface area contributed by atoms with E-state index in [4.69, 9.17) is 10.5 Å². The largest absolute Gasteiger partial charge is 0.457 e. The summed E-state index contributed by atoms with van der Waals surface area (Å²) in [5, 5.41) is 18.7. The number of carbonyl (C=O) groups is 1. The number of anilines is 2. The Labute approximate surface area is 204 Å². The van der Waals surface area contributed by atoms with Crippen LogP contribution >= 0.6 is 0 Å². The Morgan fingerprint density at radius 2 is 1.75 bits per heavy atom. The lowest BCUT2D eigenvalue weighted by molar-refractivity contribution is -0.384. The molecule has 0 unspecified atom stereocenters. The van der Waals surface area contributed by atoms with Gasteiger partial charge < -0.3 is 15.8 Å². The van der Waals surface area contributed by atoms with Crippen molar-refractivity contribution in [3.63, 3.8) is 0 Å². The molecule has 1 amide bonds. The minimum Gasteiger partial charge on any atom is -0.457 e. The summed E-state index contributed by atoms with van der Waals surface area (Å²) in [6, 6.07) is 22.4. The molecule has 36 heavy (non-hydrogen) atoms. The molecule has 0 aliphatic heterocycles. The van der Waals surface area contributed by atoms with Gasteiger partial charge in [-0.15, -0.1) is 0 Å². The third-order valence-corrected chi connectivity index (χ3v) is 5.30. The highest BCUT2D eigenvalue weighted by atomic mass is 16.6. The van der Waals surface area contributed by atoms with Gasteiger partial charge in [0.25, 0.3) is 5.69 Å². The van der Waals surface area contributed by atoms with Crippen LogP contribution < -0.4 is 15.8 Å². The quantitative estimate of drug-likeness (QED) is 0.256. The summed E-state index contributed by atoms with van der Waals surface area (Å²) in [6.07, 6.45) is 1.30. The minimum atomic E-state index is -0.529. The van der Waals surface area contributed by atoms with Crippen molar-refractivity contribution in [3.05, 3.63) is 95.3 Å². The summed E-state index contributed by atoms with van der Waals surface area (Å²) in [5.74, 6) is 1.15. The van der Waals surface area contributed by atoms with Crippen LogP contribution in [0.4, 0.5) is 17.2 Å². The SMILES string of the molecule is Nc1ncnc2c1c(-c1ccc(Oc3ccccc3)cc1)nn2CC(=O)Nc1cccc([N+](=O)[O-])c1. The summed E-state index contributed by atoms with van der Waals surface area (Å²) in [6.45, 7) is -0.190. The Morgan fingerprint density at radius 3 is 2.50 bits per heavy atom. The third kappa shape index (κ3) is 4.66. The van der Waals surface area contributed by atoms with Crippen LogP contribution in [0.2, 0.25) is 0 Å². The number of nitrogens with two attached hydrogens (primary N) is 1. The van der Waals surface area contributed by atoms with Crippen molar-refractivity contribution in [2.45, 2.75) is 6.54 Å². The Morgan fingerprint density at radius 1 is 1.00 bits per heavy atom. The number of ether oxygens (including phenoxy) is 1. The van der Waals surface area contributed by atoms with Crippen LogP contribution in [0.1, 0.15) is 0 Å². The third-order valence-electron chi connectivity index (χ3n) is 5.30. The summed E-state index contributed by atoms with van der Waals surface area (Å²) >= 11 is 0. The normalized spacial score (nSPS) is 10.8. The van der Waals surface area contributed by atoms with Crippen molar-refractivity contribution in [2.24, 2.45) is 0 Å².